The highest BCUT2D eigenvalue weighted by atomic mass is 16.6. The van der Waals surface area contributed by atoms with E-state index in [-0.39, 0.29) is 18.6 Å². The van der Waals surface area contributed by atoms with Crippen LogP contribution in [-0.4, -0.2) is 18.6 Å². The predicted octanol–water partition coefficient (Wildman–Crippen LogP) is 2.70. The van der Waals surface area contributed by atoms with E-state index < -0.39 is 6.10 Å². The first-order valence-corrected chi connectivity index (χ1v) is 6.98. The van der Waals surface area contributed by atoms with Crippen molar-refractivity contribution in [2.45, 2.75) is 19.1 Å². The lowest BCUT2D eigenvalue weighted by Gasteiger charge is -2.26. The molecule has 1 heterocycles. The van der Waals surface area contributed by atoms with Crippen molar-refractivity contribution in [3.63, 3.8) is 0 Å². The number of para-hydroxylation sites is 2. The lowest BCUT2D eigenvalue weighted by molar-refractivity contribution is -0.131. The quantitative estimate of drug-likeness (QED) is 0.942. The third kappa shape index (κ3) is 2.99. The van der Waals surface area contributed by atoms with Crippen LogP contribution in [0.1, 0.15) is 18.5 Å². The summed E-state index contributed by atoms with van der Waals surface area (Å²) in [5, 5.41) is 2.95. The van der Waals surface area contributed by atoms with Gasteiger partial charge in [-0.2, -0.15) is 0 Å². The maximum absolute atomic E-state index is 12.3. The van der Waals surface area contributed by atoms with Gasteiger partial charge in [0.25, 0.3) is 5.91 Å². The van der Waals surface area contributed by atoms with Gasteiger partial charge >= 0.3 is 0 Å². The molecule has 0 radical (unpaired) electrons. The fourth-order valence-corrected chi connectivity index (χ4v) is 2.28. The Hall–Kier alpha value is -2.49. The average molecular weight is 283 g/mol. The molecule has 4 nitrogen and oxygen atoms in total. The molecular formula is C17H17NO3. The second-order valence-corrected chi connectivity index (χ2v) is 5.01. The molecule has 0 spiro atoms. The minimum atomic E-state index is -0.619. The zero-order valence-electron chi connectivity index (χ0n) is 11.8. The molecule has 1 unspecified atom stereocenters. The molecule has 2 aromatic rings. The minimum absolute atomic E-state index is 0.0699. The Morgan fingerprint density at radius 2 is 1.76 bits per heavy atom. The topological polar surface area (TPSA) is 47.6 Å². The first-order valence-electron chi connectivity index (χ1n) is 6.98. The molecule has 2 atom stereocenters. The second kappa shape index (κ2) is 5.87. The fourth-order valence-electron chi connectivity index (χ4n) is 2.28. The van der Waals surface area contributed by atoms with Crippen LogP contribution in [0.5, 0.6) is 11.5 Å². The molecule has 21 heavy (non-hydrogen) atoms. The molecule has 1 N–H and O–H groups in total. The van der Waals surface area contributed by atoms with Gasteiger partial charge in [0.15, 0.2) is 11.5 Å². The number of hydrogen-bond acceptors (Lipinski definition) is 3. The summed E-state index contributed by atoms with van der Waals surface area (Å²) in [7, 11) is 0. The number of benzene rings is 2. The van der Waals surface area contributed by atoms with E-state index in [2.05, 4.69) is 5.32 Å². The molecule has 0 aromatic heterocycles. The smallest absolute Gasteiger partial charge is 0.265 e. The van der Waals surface area contributed by atoms with Crippen molar-refractivity contribution in [1.82, 2.24) is 5.32 Å². The number of rotatable bonds is 3. The van der Waals surface area contributed by atoms with Crippen LogP contribution in [0.2, 0.25) is 0 Å². The number of fused-ring (bicyclic) bond motifs is 1. The second-order valence-electron chi connectivity index (χ2n) is 5.01. The maximum Gasteiger partial charge on any atom is 0.265 e. The summed E-state index contributed by atoms with van der Waals surface area (Å²) in [6.45, 7) is 2.18. The summed E-state index contributed by atoms with van der Waals surface area (Å²) in [6.07, 6.45) is -0.619. The zero-order valence-corrected chi connectivity index (χ0v) is 11.8. The van der Waals surface area contributed by atoms with Crippen LogP contribution in [0.25, 0.3) is 0 Å². The number of ether oxygens (including phenoxy) is 2. The van der Waals surface area contributed by atoms with Crippen molar-refractivity contribution in [2.24, 2.45) is 0 Å². The van der Waals surface area contributed by atoms with E-state index in [4.69, 9.17) is 9.47 Å². The monoisotopic (exact) mass is 283 g/mol. The van der Waals surface area contributed by atoms with Gasteiger partial charge in [-0.05, 0) is 24.6 Å². The van der Waals surface area contributed by atoms with Crippen LogP contribution >= 0.6 is 0 Å². The van der Waals surface area contributed by atoms with Crippen molar-refractivity contribution in [2.75, 3.05) is 6.61 Å². The number of hydrogen-bond donors (Lipinski definition) is 1. The van der Waals surface area contributed by atoms with Gasteiger partial charge in [0.1, 0.15) is 6.61 Å². The highest BCUT2D eigenvalue weighted by Gasteiger charge is 2.28. The predicted molar refractivity (Wildman–Crippen MR) is 79.4 cm³/mol. The molecule has 3 rings (SSSR count). The molecule has 2 aromatic carbocycles. The number of carbonyl (C=O) groups is 1. The third-order valence-electron chi connectivity index (χ3n) is 3.46. The molecule has 108 valence electrons. The number of nitrogens with one attached hydrogen (secondary N) is 1. The summed E-state index contributed by atoms with van der Waals surface area (Å²) in [4.78, 5) is 12.3. The van der Waals surface area contributed by atoms with E-state index in [1.165, 1.54) is 0 Å². The van der Waals surface area contributed by atoms with Gasteiger partial charge in [-0.15, -0.1) is 0 Å². The van der Waals surface area contributed by atoms with Crippen molar-refractivity contribution >= 4 is 5.91 Å². The summed E-state index contributed by atoms with van der Waals surface area (Å²) >= 11 is 0. The summed E-state index contributed by atoms with van der Waals surface area (Å²) in [5.74, 6) is 1.12. The van der Waals surface area contributed by atoms with Crippen LogP contribution in [-0.2, 0) is 4.79 Å². The van der Waals surface area contributed by atoms with E-state index in [9.17, 15) is 4.79 Å². The van der Waals surface area contributed by atoms with Crippen LogP contribution in [0.3, 0.4) is 0 Å². The van der Waals surface area contributed by atoms with Crippen molar-refractivity contribution < 1.29 is 14.3 Å². The molecule has 1 aliphatic rings. The highest BCUT2D eigenvalue weighted by molar-refractivity contribution is 5.82. The van der Waals surface area contributed by atoms with E-state index in [0.717, 1.165) is 5.56 Å². The fraction of sp³-hybridized carbons (Fsp3) is 0.235. The molecule has 0 fully saturated rings. The van der Waals surface area contributed by atoms with Crippen LogP contribution in [0, 0.1) is 0 Å². The number of carbonyl (C=O) groups excluding carboxylic acids is 1. The molecular weight excluding hydrogens is 266 g/mol. The Kier molecular flexibility index (Phi) is 3.77. The lowest BCUT2D eigenvalue weighted by Crippen LogP contribution is -2.44. The SMILES string of the molecule is C[C@H](NC(=O)C1COc2ccccc2O1)c1ccccc1. The first-order chi connectivity index (χ1) is 10.2. The Bertz CT molecular complexity index is 627. The van der Waals surface area contributed by atoms with Gasteiger partial charge in [-0.1, -0.05) is 42.5 Å². The number of amides is 1. The molecule has 0 bridgehead atoms. The van der Waals surface area contributed by atoms with Crippen molar-refractivity contribution in [1.29, 1.82) is 0 Å². The average Bonchev–Trinajstić information content (AvgIpc) is 2.55. The van der Waals surface area contributed by atoms with Gasteiger partial charge in [0.2, 0.25) is 6.10 Å². The lowest BCUT2D eigenvalue weighted by atomic mass is 10.1. The highest BCUT2D eigenvalue weighted by Crippen LogP contribution is 2.31. The first kappa shape index (κ1) is 13.5. The van der Waals surface area contributed by atoms with Gasteiger partial charge in [-0.3, -0.25) is 4.79 Å². The van der Waals surface area contributed by atoms with E-state index in [1.807, 2.05) is 55.5 Å². The van der Waals surface area contributed by atoms with E-state index in [0.29, 0.717) is 11.5 Å². The van der Waals surface area contributed by atoms with Crippen LogP contribution in [0.4, 0.5) is 0 Å². The zero-order chi connectivity index (χ0) is 14.7. The molecule has 0 aliphatic carbocycles. The molecule has 0 saturated heterocycles. The molecule has 1 aliphatic heterocycles. The third-order valence-corrected chi connectivity index (χ3v) is 3.46. The standard InChI is InChI=1S/C17H17NO3/c1-12(13-7-3-2-4-8-13)18-17(19)16-11-20-14-9-5-6-10-15(14)21-16/h2-10,12,16H,11H2,1H3,(H,18,19)/t12-,16?/m0/s1. The van der Waals surface area contributed by atoms with Crippen molar-refractivity contribution in [3.05, 3.63) is 60.2 Å². The summed E-state index contributed by atoms with van der Waals surface area (Å²) in [5.41, 5.74) is 1.06. The summed E-state index contributed by atoms with van der Waals surface area (Å²) in [6, 6.07) is 17.1. The van der Waals surface area contributed by atoms with Gasteiger partial charge in [0, 0.05) is 0 Å². The molecule has 1 amide bonds. The van der Waals surface area contributed by atoms with Crippen molar-refractivity contribution in [3.8, 4) is 11.5 Å². The largest absolute Gasteiger partial charge is 0.485 e. The van der Waals surface area contributed by atoms with Gasteiger partial charge < -0.3 is 14.8 Å². The van der Waals surface area contributed by atoms with Crippen LogP contribution < -0.4 is 14.8 Å². The Balaban J connectivity index is 1.65. The van der Waals surface area contributed by atoms with Crippen LogP contribution in [0.15, 0.2) is 54.6 Å². The van der Waals surface area contributed by atoms with E-state index in [1.54, 1.807) is 6.07 Å². The Morgan fingerprint density at radius 1 is 1.10 bits per heavy atom. The summed E-state index contributed by atoms with van der Waals surface area (Å²) < 4.78 is 11.3. The minimum Gasteiger partial charge on any atom is -0.485 e. The molecule has 4 heteroatoms. The van der Waals surface area contributed by atoms with Gasteiger partial charge in [-0.25, -0.2) is 0 Å². The maximum atomic E-state index is 12.3. The van der Waals surface area contributed by atoms with E-state index >= 15 is 0 Å². The molecule has 0 saturated carbocycles. The Labute approximate surface area is 123 Å². The Morgan fingerprint density at radius 3 is 2.52 bits per heavy atom. The normalized spacial score (nSPS) is 17.9. The van der Waals surface area contributed by atoms with Gasteiger partial charge in [0.05, 0.1) is 6.04 Å².